The van der Waals surface area contributed by atoms with Crippen molar-refractivity contribution in [3.05, 3.63) is 59.3 Å². The molecule has 1 aliphatic carbocycles. The maximum absolute atomic E-state index is 9.48. The zero-order chi connectivity index (χ0) is 19.7. The van der Waals surface area contributed by atoms with Gasteiger partial charge in [-0.25, -0.2) is 4.98 Å². The number of benzene rings is 2. The lowest BCUT2D eigenvalue weighted by Crippen LogP contribution is -2.17. The average molecular weight is 390 g/mol. The predicted octanol–water partition coefficient (Wildman–Crippen LogP) is 5.47. The van der Waals surface area contributed by atoms with Gasteiger partial charge in [-0.2, -0.15) is 5.26 Å². The molecule has 2 N–H and O–H groups in total. The fraction of sp³-hybridized carbons (Fsp3) is 0.304. The van der Waals surface area contributed by atoms with Gasteiger partial charge in [0, 0.05) is 17.8 Å². The van der Waals surface area contributed by atoms with Gasteiger partial charge < -0.3 is 10.5 Å². The van der Waals surface area contributed by atoms with E-state index in [2.05, 4.69) is 29.3 Å². The van der Waals surface area contributed by atoms with Crippen LogP contribution in [-0.4, -0.2) is 11.1 Å². The summed E-state index contributed by atoms with van der Waals surface area (Å²) < 4.78 is 5.72. The molecule has 142 valence electrons. The molecular weight excluding hydrogens is 366 g/mol. The van der Waals surface area contributed by atoms with Crippen LogP contribution in [0.15, 0.2) is 42.6 Å². The van der Waals surface area contributed by atoms with E-state index in [0.29, 0.717) is 11.3 Å². The molecule has 0 radical (unpaired) electrons. The van der Waals surface area contributed by atoms with Crippen LogP contribution in [0.5, 0.6) is 5.75 Å². The number of hydrogen-bond acceptors (Lipinski definition) is 5. The van der Waals surface area contributed by atoms with Crippen LogP contribution in [0.1, 0.15) is 49.4 Å². The second kappa shape index (κ2) is 7.75. The molecular formula is C23H23N3OS. The van der Waals surface area contributed by atoms with Crippen molar-refractivity contribution in [1.29, 1.82) is 5.26 Å². The average Bonchev–Trinajstić information content (AvgIpc) is 3.18. The van der Waals surface area contributed by atoms with Crippen molar-refractivity contribution in [1.82, 2.24) is 4.98 Å². The number of nitrogens with two attached hydrogens (primary N) is 1. The summed E-state index contributed by atoms with van der Waals surface area (Å²) in [5.74, 6) is 0.615. The number of rotatable bonds is 4. The van der Waals surface area contributed by atoms with Gasteiger partial charge in [-0.05, 0) is 68.0 Å². The molecule has 1 aliphatic rings. The summed E-state index contributed by atoms with van der Waals surface area (Å²) in [7, 11) is 0. The molecule has 0 aliphatic heterocycles. The number of ether oxygens (including phenoxy) is 1. The lowest BCUT2D eigenvalue weighted by Gasteiger charge is -2.24. The van der Waals surface area contributed by atoms with Crippen LogP contribution in [0.2, 0.25) is 0 Å². The van der Waals surface area contributed by atoms with Crippen molar-refractivity contribution >= 4 is 11.3 Å². The first kappa shape index (κ1) is 18.7. The van der Waals surface area contributed by atoms with E-state index in [4.69, 9.17) is 10.5 Å². The molecule has 28 heavy (non-hydrogen) atoms. The highest BCUT2D eigenvalue weighted by molar-refractivity contribution is 7.18. The van der Waals surface area contributed by atoms with Gasteiger partial charge in [-0.1, -0.05) is 18.2 Å². The molecule has 0 saturated heterocycles. The van der Waals surface area contributed by atoms with Crippen molar-refractivity contribution < 1.29 is 4.74 Å². The largest absolute Gasteiger partial charge is 0.490 e. The van der Waals surface area contributed by atoms with Crippen molar-refractivity contribution in [3.63, 3.8) is 0 Å². The molecule has 5 heteroatoms. The minimum atomic E-state index is 0.0278. The summed E-state index contributed by atoms with van der Waals surface area (Å²) in [5.41, 5.74) is 11.6. The zero-order valence-electron chi connectivity index (χ0n) is 16.1. The van der Waals surface area contributed by atoms with E-state index in [9.17, 15) is 5.26 Å². The summed E-state index contributed by atoms with van der Waals surface area (Å²) >= 11 is 1.65. The van der Waals surface area contributed by atoms with Crippen LogP contribution >= 0.6 is 11.3 Å². The normalized spacial score (nSPS) is 15.9. The Bertz CT molecular complexity index is 1050. The smallest absolute Gasteiger partial charge is 0.137 e. The maximum atomic E-state index is 9.48. The lowest BCUT2D eigenvalue weighted by atomic mass is 9.85. The van der Waals surface area contributed by atoms with Gasteiger partial charge in [0.25, 0.3) is 0 Å². The van der Waals surface area contributed by atoms with Crippen LogP contribution in [-0.2, 0) is 6.42 Å². The molecule has 1 atom stereocenters. The molecule has 0 saturated carbocycles. The SMILES string of the molecule is CC(C)Oc1ccc(-c2ncc(-c3cccc4c3CCC[C@H]4N)s2)cc1C#N. The van der Waals surface area contributed by atoms with Crippen LogP contribution in [0.3, 0.4) is 0 Å². The number of hydrogen-bond donors (Lipinski definition) is 1. The first-order valence-corrected chi connectivity index (χ1v) is 10.4. The highest BCUT2D eigenvalue weighted by atomic mass is 32.1. The van der Waals surface area contributed by atoms with Gasteiger partial charge in [-0.15, -0.1) is 11.3 Å². The van der Waals surface area contributed by atoms with Crippen molar-refractivity contribution in [3.8, 4) is 32.8 Å². The molecule has 0 fully saturated rings. The van der Waals surface area contributed by atoms with Crippen molar-refractivity contribution in [2.45, 2.75) is 45.3 Å². The van der Waals surface area contributed by atoms with Gasteiger partial charge >= 0.3 is 0 Å². The van der Waals surface area contributed by atoms with Crippen LogP contribution in [0.25, 0.3) is 21.0 Å². The van der Waals surface area contributed by atoms with E-state index >= 15 is 0 Å². The van der Waals surface area contributed by atoms with Gasteiger partial charge in [0.2, 0.25) is 0 Å². The Labute approximate surface area is 169 Å². The second-order valence-electron chi connectivity index (χ2n) is 7.39. The molecule has 1 heterocycles. The first-order chi connectivity index (χ1) is 13.6. The van der Waals surface area contributed by atoms with Gasteiger partial charge in [0.05, 0.1) is 16.5 Å². The van der Waals surface area contributed by atoms with E-state index in [0.717, 1.165) is 34.7 Å². The summed E-state index contributed by atoms with van der Waals surface area (Å²) in [6.07, 6.45) is 5.19. The van der Waals surface area contributed by atoms with Gasteiger partial charge in [0.15, 0.2) is 0 Å². The summed E-state index contributed by atoms with van der Waals surface area (Å²) in [5, 5.41) is 10.4. The Morgan fingerprint density at radius 2 is 2.14 bits per heavy atom. The summed E-state index contributed by atoms with van der Waals surface area (Å²) in [6, 6.07) is 14.4. The molecule has 2 aromatic carbocycles. The molecule has 4 rings (SSSR count). The number of aromatic nitrogens is 1. The number of nitrogens with zero attached hydrogens (tertiary/aromatic N) is 2. The monoisotopic (exact) mass is 389 g/mol. The number of nitriles is 1. The predicted molar refractivity (Wildman–Crippen MR) is 113 cm³/mol. The van der Waals surface area contributed by atoms with Gasteiger partial charge in [-0.3, -0.25) is 0 Å². The molecule has 4 nitrogen and oxygen atoms in total. The lowest BCUT2D eigenvalue weighted by molar-refractivity contribution is 0.242. The van der Waals surface area contributed by atoms with Crippen LogP contribution < -0.4 is 10.5 Å². The van der Waals surface area contributed by atoms with E-state index in [1.54, 1.807) is 11.3 Å². The van der Waals surface area contributed by atoms with E-state index in [-0.39, 0.29) is 12.1 Å². The van der Waals surface area contributed by atoms with Gasteiger partial charge in [0.1, 0.15) is 16.8 Å². The zero-order valence-corrected chi connectivity index (χ0v) is 16.9. The Hall–Kier alpha value is -2.68. The van der Waals surface area contributed by atoms with Crippen LogP contribution in [0.4, 0.5) is 0 Å². The molecule has 0 spiro atoms. The summed E-state index contributed by atoms with van der Waals surface area (Å²) in [6.45, 7) is 3.91. The quantitative estimate of drug-likeness (QED) is 0.642. The van der Waals surface area contributed by atoms with E-state index in [1.165, 1.54) is 16.7 Å². The molecule has 0 bridgehead atoms. The minimum Gasteiger partial charge on any atom is -0.490 e. The third kappa shape index (κ3) is 3.54. The molecule has 0 unspecified atom stereocenters. The fourth-order valence-electron chi connectivity index (χ4n) is 3.76. The molecule has 1 aromatic heterocycles. The first-order valence-electron chi connectivity index (χ1n) is 9.61. The minimum absolute atomic E-state index is 0.0278. The van der Waals surface area contributed by atoms with Crippen molar-refractivity contribution in [2.24, 2.45) is 5.73 Å². The Kier molecular flexibility index (Phi) is 5.17. The maximum Gasteiger partial charge on any atom is 0.137 e. The highest BCUT2D eigenvalue weighted by Gasteiger charge is 2.21. The molecule has 3 aromatic rings. The van der Waals surface area contributed by atoms with Crippen molar-refractivity contribution in [2.75, 3.05) is 0 Å². The summed E-state index contributed by atoms with van der Waals surface area (Å²) in [4.78, 5) is 5.77. The number of fused-ring (bicyclic) bond motifs is 1. The van der Waals surface area contributed by atoms with Crippen LogP contribution in [0, 0.1) is 11.3 Å². The third-order valence-electron chi connectivity index (χ3n) is 5.03. The Morgan fingerprint density at radius 3 is 2.93 bits per heavy atom. The van der Waals surface area contributed by atoms with E-state index in [1.807, 2.05) is 38.2 Å². The Morgan fingerprint density at radius 1 is 1.29 bits per heavy atom. The highest BCUT2D eigenvalue weighted by Crippen LogP contribution is 2.39. The Balaban J connectivity index is 1.70. The molecule has 0 amide bonds. The topological polar surface area (TPSA) is 71.9 Å². The number of thiazole rings is 1. The third-order valence-corrected chi connectivity index (χ3v) is 6.11. The second-order valence-corrected chi connectivity index (χ2v) is 8.42. The fourth-order valence-corrected chi connectivity index (χ4v) is 4.72. The standard InChI is InChI=1S/C23H23N3OS/c1-14(2)27-21-10-9-15(11-16(21)12-24)23-26-13-22(28-23)19-7-3-6-18-17(19)5-4-8-20(18)25/h3,6-7,9-11,13-14,20H,4-5,8,25H2,1-2H3/t20-/m1/s1. The van der Waals surface area contributed by atoms with E-state index < -0.39 is 0 Å².